The summed E-state index contributed by atoms with van der Waals surface area (Å²) < 4.78 is 0. The van der Waals surface area contributed by atoms with Gasteiger partial charge in [0.15, 0.2) is 5.82 Å². The van der Waals surface area contributed by atoms with E-state index < -0.39 is 0 Å². The van der Waals surface area contributed by atoms with E-state index in [1.165, 1.54) is 0 Å². The molecule has 4 heterocycles. The third kappa shape index (κ3) is 2.36. The van der Waals surface area contributed by atoms with Crippen LogP contribution < -0.4 is 9.80 Å². The number of nitriles is 1. The van der Waals surface area contributed by atoms with Crippen LogP contribution in [0, 0.1) is 30.1 Å². The highest BCUT2D eigenvalue weighted by atomic mass is 15.3. The van der Waals surface area contributed by atoms with Crippen LogP contribution in [0.2, 0.25) is 0 Å². The lowest BCUT2D eigenvalue weighted by molar-refractivity contribution is 0.533. The van der Waals surface area contributed by atoms with Crippen LogP contribution in [0.3, 0.4) is 0 Å². The van der Waals surface area contributed by atoms with Crippen LogP contribution >= 0.6 is 0 Å². The number of aromatic nitrogens is 4. The maximum Gasteiger partial charge on any atom is 0.169 e. The monoisotopic (exact) mass is 307 g/mol. The van der Waals surface area contributed by atoms with E-state index in [-0.39, 0.29) is 0 Å². The molecular formula is C16H17N7. The summed E-state index contributed by atoms with van der Waals surface area (Å²) in [4.78, 5) is 13.0. The summed E-state index contributed by atoms with van der Waals surface area (Å²) in [5.74, 6) is 2.89. The van der Waals surface area contributed by atoms with Crippen molar-refractivity contribution in [3.8, 4) is 6.07 Å². The highest BCUT2D eigenvalue weighted by Crippen LogP contribution is 2.36. The zero-order valence-corrected chi connectivity index (χ0v) is 12.9. The van der Waals surface area contributed by atoms with Gasteiger partial charge in [-0.05, 0) is 13.0 Å². The van der Waals surface area contributed by atoms with Crippen molar-refractivity contribution < 1.29 is 0 Å². The molecule has 0 bridgehead atoms. The van der Waals surface area contributed by atoms with E-state index in [9.17, 15) is 5.26 Å². The molecule has 7 heteroatoms. The standard InChI is InChI=1S/C16H17N7/c1-11-5-18-10-19-15(11)22-6-13-8-23(9-14(13)7-22)16-12(4-17)2-3-20-21-16/h2-3,5,10,13-14H,6-9H2,1H3. The molecule has 2 unspecified atom stereocenters. The Bertz CT molecular complexity index is 755. The maximum absolute atomic E-state index is 9.24. The van der Waals surface area contributed by atoms with Crippen molar-refractivity contribution in [3.05, 3.63) is 35.9 Å². The fraction of sp³-hybridized carbons (Fsp3) is 0.438. The molecular weight excluding hydrogens is 290 g/mol. The first-order valence-corrected chi connectivity index (χ1v) is 7.74. The average molecular weight is 307 g/mol. The van der Waals surface area contributed by atoms with Gasteiger partial charge in [0, 0.05) is 49.8 Å². The molecule has 0 aromatic carbocycles. The first kappa shape index (κ1) is 13.9. The van der Waals surface area contributed by atoms with E-state index in [2.05, 4.69) is 43.0 Å². The summed E-state index contributed by atoms with van der Waals surface area (Å²) in [5, 5.41) is 17.3. The fourth-order valence-corrected chi connectivity index (χ4v) is 3.71. The van der Waals surface area contributed by atoms with Crippen LogP contribution in [0.15, 0.2) is 24.8 Å². The number of anilines is 2. The molecule has 7 nitrogen and oxygen atoms in total. The van der Waals surface area contributed by atoms with E-state index in [0.29, 0.717) is 23.2 Å². The molecule has 23 heavy (non-hydrogen) atoms. The Labute approximate surface area is 134 Å². The SMILES string of the molecule is Cc1cncnc1N1CC2CN(c3nnccc3C#N)CC2C1. The second-order valence-corrected chi connectivity index (χ2v) is 6.24. The quantitative estimate of drug-likeness (QED) is 0.819. The lowest BCUT2D eigenvalue weighted by Gasteiger charge is -2.23. The molecule has 2 aromatic rings. The van der Waals surface area contributed by atoms with E-state index in [4.69, 9.17) is 0 Å². The van der Waals surface area contributed by atoms with Crippen molar-refractivity contribution in [1.29, 1.82) is 5.26 Å². The van der Waals surface area contributed by atoms with Crippen molar-refractivity contribution in [3.63, 3.8) is 0 Å². The second kappa shape index (κ2) is 5.47. The molecule has 2 saturated heterocycles. The first-order chi connectivity index (χ1) is 11.3. The summed E-state index contributed by atoms with van der Waals surface area (Å²) in [6.45, 7) is 5.86. The fourth-order valence-electron chi connectivity index (χ4n) is 3.71. The topological polar surface area (TPSA) is 81.8 Å². The number of hydrogen-bond donors (Lipinski definition) is 0. The summed E-state index contributed by atoms with van der Waals surface area (Å²) in [6.07, 6.45) is 5.04. The average Bonchev–Trinajstić information content (AvgIpc) is 3.14. The Balaban J connectivity index is 1.51. The molecule has 0 aliphatic carbocycles. The Morgan fingerprint density at radius 1 is 1.13 bits per heavy atom. The molecule has 2 aromatic heterocycles. The molecule has 116 valence electrons. The van der Waals surface area contributed by atoms with Crippen molar-refractivity contribution in [2.75, 3.05) is 36.0 Å². The molecule has 0 N–H and O–H groups in total. The van der Waals surface area contributed by atoms with Gasteiger partial charge in [0.2, 0.25) is 0 Å². The first-order valence-electron chi connectivity index (χ1n) is 7.74. The van der Waals surface area contributed by atoms with Crippen molar-refractivity contribution in [2.45, 2.75) is 6.92 Å². The van der Waals surface area contributed by atoms with Crippen molar-refractivity contribution >= 4 is 11.6 Å². The normalized spacial score (nSPS) is 23.0. The molecule has 2 aliphatic rings. The number of aryl methyl sites for hydroxylation is 1. The molecule has 0 amide bonds. The molecule has 0 radical (unpaired) electrons. The Morgan fingerprint density at radius 3 is 2.48 bits per heavy atom. The third-order valence-electron chi connectivity index (χ3n) is 4.77. The molecule has 0 saturated carbocycles. The van der Waals surface area contributed by atoms with E-state index >= 15 is 0 Å². The molecule has 0 spiro atoms. The summed E-state index contributed by atoms with van der Waals surface area (Å²) in [6, 6.07) is 3.94. The van der Waals surface area contributed by atoms with Gasteiger partial charge >= 0.3 is 0 Å². The van der Waals surface area contributed by atoms with Crippen molar-refractivity contribution in [2.24, 2.45) is 11.8 Å². The minimum atomic E-state index is 0.568. The smallest absolute Gasteiger partial charge is 0.169 e. The van der Waals surface area contributed by atoms with Crippen LogP contribution in [0.25, 0.3) is 0 Å². The second-order valence-electron chi connectivity index (χ2n) is 6.24. The highest BCUT2D eigenvalue weighted by Gasteiger charge is 2.41. The summed E-state index contributed by atoms with van der Waals surface area (Å²) in [7, 11) is 0. The van der Waals surface area contributed by atoms with Gasteiger partial charge in [-0.15, -0.1) is 5.10 Å². The van der Waals surface area contributed by atoms with Gasteiger partial charge in [0.25, 0.3) is 0 Å². The van der Waals surface area contributed by atoms with Gasteiger partial charge in [0.1, 0.15) is 18.2 Å². The Morgan fingerprint density at radius 2 is 1.83 bits per heavy atom. The van der Waals surface area contributed by atoms with Crippen molar-refractivity contribution in [1.82, 2.24) is 20.2 Å². The van der Waals surface area contributed by atoms with Gasteiger partial charge in [-0.1, -0.05) is 0 Å². The Hall–Kier alpha value is -2.75. The minimum Gasteiger partial charge on any atom is -0.356 e. The zero-order chi connectivity index (χ0) is 15.8. The van der Waals surface area contributed by atoms with Crippen LogP contribution in [0.4, 0.5) is 11.6 Å². The van der Waals surface area contributed by atoms with E-state index in [1.807, 2.05) is 6.20 Å². The van der Waals surface area contributed by atoms with Gasteiger partial charge < -0.3 is 9.80 Å². The molecule has 4 rings (SSSR count). The van der Waals surface area contributed by atoms with E-state index in [1.54, 1.807) is 18.6 Å². The van der Waals surface area contributed by atoms with Crippen LogP contribution in [-0.4, -0.2) is 46.3 Å². The van der Waals surface area contributed by atoms with E-state index in [0.717, 1.165) is 37.6 Å². The lowest BCUT2D eigenvalue weighted by Crippen LogP contribution is -2.30. The maximum atomic E-state index is 9.24. The minimum absolute atomic E-state index is 0.568. The molecule has 2 aliphatic heterocycles. The van der Waals surface area contributed by atoms with Gasteiger partial charge in [0.05, 0.1) is 11.8 Å². The molecule has 2 atom stereocenters. The Kier molecular flexibility index (Phi) is 3.30. The van der Waals surface area contributed by atoms with Gasteiger partial charge in [-0.2, -0.15) is 10.4 Å². The van der Waals surface area contributed by atoms with Crippen LogP contribution in [-0.2, 0) is 0 Å². The van der Waals surface area contributed by atoms with Crippen LogP contribution in [0.5, 0.6) is 0 Å². The molecule has 2 fully saturated rings. The predicted molar refractivity (Wildman–Crippen MR) is 84.9 cm³/mol. The van der Waals surface area contributed by atoms with Crippen LogP contribution in [0.1, 0.15) is 11.1 Å². The highest BCUT2D eigenvalue weighted by molar-refractivity contribution is 5.54. The number of hydrogen-bond acceptors (Lipinski definition) is 7. The zero-order valence-electron chi connectivity index (χ0n) is 12.9. The predicted octanol–water partition coefficient (Wildman–Crippen LogP) is 1.02. The number of fused-ring (bicyclic) bond motifs is 1. The largest absolute Gasteiger partial charge is 0.356 e. The summed E-state index contributed by atoms with van der Waals surface area (Å²) in [5.41, 5.74) is 1.72. The lowest BCUT2D eigenvalue weighted by atomic mass is 10.0. The third-order valence-corrected chi connectivity index (χ3v) is 4.77. The van der Waals surface area contributed by atoms with Gasteiger partial charge in [-0.25, -0.2) is 9.97 Å². The summed E-state index contributed by atoms with van der Waals surface area (Å²) >= 11 is 0. The number of nitrogens with zero attached hydrogens (tertiary/aromatic N) is 7. The van der Waals surface area contributed by atoms with Gasteiger partial charge in [-0.3, -0.25) is 0 Å². The number of rotatable bonds is 2.